The van der Waals surface area contributed by atoms with E-state index in [9.17, 15) is 4.39 Å². The van der Waals surface area contributed by atoms with Crippen molar-refractivity contribution in [2.75, 3.05) is 0 Å². The summed E-state index contributed by atoms with van der Waals surface area (Å²) in [5.41, 5.74) is 6.25. The highest BCUT2D eigenvalue weighted by atomic mass is 79.9. The molecule has 2 nitrogen and oxygen atoms in total. The van der Waals surface area contributed by atoms with Crippen LogP contribution in [0.3, 0.4) is 0 Å². The van der Waals surface area contributed by atoms with Crippen LogP contribution in [-0.2, 0) is 0 Å². The van der Waals surface area contributed by atoms with Crippen molar-refractivity contribution < 1.29 is 8.81 Å². The van der Waals surface area contributed by atoms with E-state index >= 15 is 0 Å². The monoisotopic (exact) mass is 317 g/mol. The predicted octanol–water partition coefficient (Wildman–Crippen LogP) is 4.19. The van der Waals surface area contributed by atoms with Gasteiger partial charge in [0.15, 0.2) is 0 Å². The molecule has 0 aliphatic heterocycles. The minimum absolute atomic E-state index is 0.313. The van der Waals surface area contributed by atoms with Crippen LogP contribution in [-0.4, -0.2) is 0 Å². The van der Waals surface area contributed by atoms with E-state index in [1.165, 1.54) is 12.1 Å². The van der Waals surface area contributed by atoms with Gasteiger partial charge in [-0.1, -0.05) is 11.6 Å². The standard InChI is InChI=1S/C12H10BrClFNO/c1-6-2-3-11(17-6)12(16)7-4-9(14)8(13)5-10(7)15/h2-5,12H,16H2,1H3. The molecule has 1 aromatic carbocycles. The predicted molar refractivity (Wildman–Crippen MR) is 68.6 cm³/mol. The molecule has 1 aromatic heterocycles. The first-order valence-corrected chi connectivity index (χ1v) is 6.12. The van der Waals surface area contributed by atoms with Gasteiger partial charge in [-0.2, -0.15) is 0 Å². The molecule has 0 saturated carbocycles. The molecule has 1 heterocycles. The lowest BCUT2D eigenvalue weighted by molar-refractivity contribution is 0.459. The molecule has 5 heteroatoms. The van der Waals surface area contributed by atoms with Crippen molar-refractivity contribution in [2.24, 2.45) is 5.73 Å². The van der Waals surface area contributed by atoms with Gasteiger partial charge in [-0.25, -0.2) is 4.39 Å². The molecule has 0 saturated heterocycles. The van der Waals surface area contributed by atoms with Crippen molar-refractivity contribution in [2.45, 2.75) is 13.0 Å². The Bertz CT molecular complexity index is 555. The highest BCUT2D eigenvalue weighted by Crippen LogP contribution is 2.30. The molecule has 2 aromatic rings. The maximum absolute atomic E-state index is 13.8. The van der Waals surface area contributed by atoms with Crippen LogP contribution in [0.15, 0.2) is 33.2 Å². The topological polar surface area (TPSA) is 39.2 Å². The zero-order valence-electron chi connectivity index (χ0n) is 9.01. The fourth-order valence-corrected chi connectivity index (χ4v) is 2.04. The van der Waals surface area contributed by atoms with Gasteiger partial charge in [0.1, 0.15) is 17.3 Å². The van der Waals surface area contributed by atoms with Gasteiger partial charge in [0.25, 0.3) is 0 Å². The third-order valence-electron chi connectivity index (χ3n) is 2.44. The maximum Gasteiger partial charge on any atom is 0.129 e. The summed E-state index contributed by atoms with van der Waals surface area (Å²) in [7, 11) is 0. The lowest BCUT2D eigenvalue weighted by Gasteiger charge is -2.11. The zero-order valence-corrected chi connectivity index (χ0v) is 11.3. The van der Waals surface area contributed by atoms with Gasteiger partial charge in [0.2, 0.25) is 0 Å². The first kappa shape index (κ1) is 12.6. The van der Waals surface area contributed by atoms with Crippen LogP contribution in [0.4, 0.5) is 4.39 Å². The first-order chi connectivity index (χ1) is 7.99. The number of halogens is 3. The molecule has 2 rings (SSSR count). The molecule has 0 spiro atoms. The number of hydrogen-bond acceptors (Lipinski definition) is 2. The highest BCUT2D eigenvalue weighted by molar-refractivity contribution is 9.10. The smallest absolute Gasteiger partial charge is 0.129 e. The average Bonchev–Trinajstić information content (AvgIpc) is 2.69. The van der Waals surface area contributed by atoms with Crippen molar-refractivity contribution in [3.05, 3.63) is 56.7 Å². The SMILES string of the molecule is Cc1ccc(C(N)c2cc(Cl)c(Br)cc2F)o1. The summed E-state index contributed by atoms with van der Waals surface area (Å²) >= 11 is 9.08. The molecule has 2 N–H and O–H groups in total. The van der Waals surface area contributed by atoms with Crippen molar-refractivity contribution >= 4 is 27.5 Å². The van der Waals surface area contributed by atoms with E-state index in [0.29, 0.717) is 20.8 Å². The van der Waals surface area contributed by atoms with Crippen LogP contribution in [0.25, 0.3) is 0 Å². The molecular weight excluding hydrogens is 308 g/mol. The molecule has 0 aliphatic rings. The van der Waals surface area contributed by atoms with E-state index in [4.69, 9.17) is 21.8 Å². The normalized spacial score (nSPS) is 12.8. The summed E-state index contributed by atoms with van der Waals surface area (Å²) in [5, 5.41) is 0.417. The minimum Gasteiger partial charge on any atom is -0.464 e. The molecule has 0 aliphatic carbocycles. The number of aryl methyl sites for hydroxylation is 1. The quantitative estimate of drug-likeness (QED) is 0.843. The van der Waals surface area contributed by atoms with Crippen molar-refractivity contribution in [3.8, 4) is 0 Å². The van der Waals surface area contributed by atoms with Crippen LogP contribution >= 0.6 is 27.5 Å². The summed E-state index contributed by atoms with van der Waals surface area (Å²) in [6.07, 6.45) is 0. The number of rotatable bonds is 2. The van der Waals surface area contributed by atoms with Crippen LogP contribution < -0.4 is 5.73 Å². The fourth-order valence-electron chi connectivity index (χ4n) is 1.55. The van der Waals surface area contributed by atoms with E-state index in [1.54, 1.807) is 19.1 Å². The highest BCUT2D eigenvalue weighted by Gasteiger charge is 2.18. The van der Waals surface area contributed by atoms with Crippen molar-refractivity contribution in [3.63, 3.8) is 0 Å². The van der Waals surface area contributed by atoms with E-state index in [2.05, 4.69) is 15.9 Å². The number of nitrogens with two attached hydrogens (primary N) is 1. The maximum atomic E-state index is 13.8. The van der Waals surface area contributed by atoms with Gasteiger partial charge in [0.05, 0.1) is 11.1 Å². The third kappa shape index (κ3) is 2.54. The second kappa shape index (κ2) is 4.80. The Labute approximate surface area is 112 Å². The molecule has 0 amide bonds. The number of hydrogen-bond donors (Lipinski definition) is 1. The molecular formula is C12H10BrClFNO. The lowest BCUT2D eigenvalue weighted by Crippen LogP contribution is -2.13. The van der Waals surface area contributed by atoms with E-state index in [-0.39, 0.29) is 0 Å². The third-order valence-corrected chi connectivity index (χ3v) is 3.64. The Morgan fingerprint density at radius 3 is 2.71 bits per heavy atom. The van der Waals surface area contributed by atoms with Gasteiger partial charge in [-0.05, 0) is 47.1 Å². The summed E-state index contributed by atoms with van der Waals surface area (Å²) in [5.74, 6) is 0.835. The molecule has 90 valence electrons. The lowest BCUT2D eigenvalue weighted by atomic mass is 10.1. The second-order valence-corrected chi connectivity index (χ2v) is 4.98. The molecule has 17 heavy (non-hydrogen) atoms. The Balaban J connectivity index is 2.43. The Morgan fingerprint density at radius 2 is 2.12 bits per heavy atom. The molecule has 0 radical (unpaired) electrons. The van der Waals surface area contributed by atoms with Crippen LogP contribution in [0, 0.1) is 12.7 Å². The summed E-state index contributed by atoms with van der Waals surface area (Å²) in [6, 6.07) is 5.66. The van der Waals surface area contributed by atoms with Gasteiger partial charge >= 0.3 is 0 Å². The van der Waals surface area contributed by atoms with E-state index < -0.39 is 11.9 Å². The van der Waals surface area contributed by atoms with Crippen molar-refractivity contribution in [1.29, 1.82) is 0 Å². The van der Waals surface area contributed by atoms with E-state index in [1.807, 2.05) is 0 Å². The average molecular weight is 319 g/mol. The first-order valence-electron chi connectivity index (χ1n) is 4.95. The molecule has 0 fully saturated rings. The molecule has 0 bridgehead atoms. The van der Waals surface area contributed by atoms with Crippen LogP contribution in [0.2, 0.25) is 5.02 Å². The van der Waals surface area contributed by atoms with Crippen molar-refractivity contribution in [1.82, 2.24) is 0 Å². The summed E-state index contributed by atoms with van der Waals surface area (Å²) in [6.45, 7) is 1.81. The zero-order chi connectivity index (χ0) is 12.6. The van der Waals surface area contributed by atoms with Gasteiger partial charge in [-0.15, -0.1) is 0 Å². The summed E-state index contributed by atoms with van der Waals surface area (Å²) < 4.78 is 19.6. The van der Waals surface area contributed by atoms with Gasteiger partial charge < -0.3 is 10.2 Å². The van der Waals surface area contributed by atoms with Gasteiger partial charge in [-0.3, -0.25) is 0 Å². The Kier molecular flexibility index (Phi) is 3.56. The van der Waals surface area contributed by atoms with Crippen LogP contribution in [0.5, 0.6) is 0 Å². The van der Waals surface area contributed by atoms with Crippen LogP contribution in [0.1, 0.15) is 23.1 Å². The van der Waals surface area contributed by atoms with Gasteiger partial charge in [0, 0.05) is 10.0 Å². The number of benzene rings is 1. The minimum atomic E-state index is -0.658. The largest absolute Gasteiger partial charge is 0.464 e. The summed E-state index contributed by atoms with van der Waals surface area (Å²) in [4.78, 5) is 0. The molecule has 1 atom stereocenters. The Morgan fingerprint density at radius 1 is 1.41 bits per heavy atom. The fraction of sp³-hybridized carbons (Fsp3) is 0.167. The second-order valence-electron chi connectivity index (χ2n) is 3.71. The molecule has 1 unspecified atom stereocenters. The Hall–Kier alpha value is -0.840. The number of furan rings is 1. The van der Waals surface area contributed by atoms with E-state index in [0.717, 1.165) is 5.76 Å².